The minimum absolute atomic E-state index is 0.0105. The van der Waals surface area contributed by atoms with Crippen molar-refractivity contribution in [2.75, 3.05) is 7.11 Å². The Bertz CT molecular complexity index is 2350. The maximum Gasteiger partial charge on any atom is 0.345 e. The fourth-order valence-corrected chi connectivity index (χ4v) is 5.85. The Morgan fingerprint density at radius 1 is 0.863 bits per heavy atom. The smallest absolute Gasteiger partial charge is 0.345 e. The summed E-state index contributed by atoms with van der Waals surface area (Å²) in [6, 6.07) is 9.77. The van der Waals surface area contributed by atoms with Gasteiger partial charge in [0, 0.05) is 41.0 Å². The molecule has 0 saturated carbocycles. The maximum atomic E-state index is 14.1. The van der Waals surface area contributed by atoms with Crippen LogP contribution in [0.1, 0.15) is 40.9 Å². The number of aromatic hydroxyl groups is 6. The minimum atomic E-state index is -3.48. The van der Waals surface area contributed by atoms with Crippen molar-refractivity contribution in [1.82, 2.24) is 0 Å². The number of ether oxygens (including phenoxy) is 3. The number of aliphatic hydroxyl groups is 2. The van der Waals surface area contributed by atoms with Gasteiger partial charge in [-0.2, -0.15) is 0 Å². The molecule has 0 amide bonds. The van der Waals surface area contributed by atoms with E-state index in [9.17, 15) is 50.4 Å². The van der Waals surface area contributed by atoms with E-state index in [1.54, 1.807) is 26.8 Å². The van der Waals surface area contributed by atoms with Crippen molar-refractivity contribution < 1.29 is 64.3 Å². The molecule has 14 heteroatoms. The molecule has 51 heavy (non-hydrogen) atoms. The molecule has 14 nitrogen and oxygen atoms in total. The summed E-state index contributed by atoms with van der Waals surface area (Å²) in [6.07, 6.45) is 1.64. The Labute approximate surface area is 288 Å². The maximum absolute atomic E-state index is 14.1. The summed E-state index contributed by atoms with van der Waals surface area (Å²) in [4.78, 5) is 27.6. The molecule has 8 N–H and O–H groups in total. The van der Waals surface area contributed by atoms with Gasteiger partial charge in [-0.3, -0.25) is 9.59 Å². The van der Waals surface area contributed by atoms with Crippen LogP contribution in [0.25, 0.3) is 22.3 Å². The highest BCUT2D eigenvalue weighted by atomic mass is 16.7. The molecule has 0 radical (unpaired) electrons. The summed E-state index contributed by atoms with van der Waals surface area (Å²) in [7, 11) is 1.19. The Balaban J connectivity index is 1.59. The van der Waals surface area contributed by atoms with E-state index < -0.39 is 68.6 Å². The Kier molecular flexibility index (Phi) is 8.24. The molecule has 2 heterocycles. The van der Waals surface area contributed by atoms with Gasteiger partial charge >= 0.3 is 11.6 Å². The largest absolute Gasteiger partial charge is 0.508 e. The normalized spacial score (nSPS) is 18.2. The van der Waals surface area contributed by atoms with Crippen molar-refractivity contribution in [2.24, 2.45) is 0 Å². The van der Waals surface area contributed by atoms with E-state index >= 15 is 0 Å². The number of methoxy groups -OCH3 is 1. The second kappa shape index (κ2) is 12.2. The number of rotatable bonds is 7. The minimum Gasteiger partial charge on any atom is -0.508 e. The summed E-state index contributed by atoms with van der Waals surface area (Å²) in [5.74, 6) is -13.2. The third-order valence-corrected chi connectivity index (χ3v) is 8.50. The van der Waals surface area contributed by atoms with Gasteiger partial charge in [0.05, 0.1) is 7.11 Å². The molecule has 0 bridgehead atoms. The molecule has 2 atom stereocenters. The van der Waals surface area contributed by atoms with Crippen molar-refractivity contribution in [3.8, 4) is 63.1 Å². The van der Waals surface area contributed by atoms with Crippen molar-refractivity contribution in [2.45, 2.75) is 38.8 Å². The molecular formula is C37H32O14. The molecule has 4 aromatic carbocycles. The van der Waals surface area contributed by atoms with Crippen LogP contribution < -0.4 is 19.6 Å². The number of fused-ring (bicyclic) bond motifs is 2. The molecule has 1 aliphatic heterocycles. The Hall–Kier alpha value is -6.38. The van der Waals surface area contributed by atoms with Gasteiger partial charge in [0.1, 0.15) is 51.0 Å². The van der Waals surface area contributed by atoms with E-state index in [0.717, 1.165) is 42.0 Å². The number of Topliss-reactive ketones (excluding diaryl/α,β-unsaturated/α-hetero) is 1. The number of carbonyl (C=O) groups excluding carboxylic acids is 1. The van der Waals surface area contributed by atoms with E-state index in [2.05, 4.69) is 0 Å². The van der Waals surface area contributed by atoms with Gasteiger partial charge in [-0.25, -0.2) is 0 Å². The first-order valence-electron chi connectivity index (χ1n) is 15.3. The topological polar surface area (TPSA) is 237 Å². The Morgan fingerprint density at radius 3 is 2.22 bits per heavy atom. The standard InChI is InChI=1S/C37H32O14/c1-16(2)5-8-21-22(33-34(48-4)32(44)29-24(41)12-19(38)14-27(29)49-33)9-10-26(31(21)43)50-37(47)35(45)30-25(42)13-20(39)15-28(30)51-36(37,46)18-7-6-17(3)23(40)11-18/h5-7,9-15,38-43,46-47H,8H2,1-4H3/t36-,37-/m0/s1. The molecule has 0 saturated heterocycles. The number of phenolic OH excluding ortho intramolecular Hbond substituents is 6. The average molecular weight is 701 g/mol. The van der Waals surface area contributed by atoms with Crippen LogP contribution in [0, 0.1) is 6.92 Å². The van der Waals surface area contributed by atoms with Crippen LogP contribution in [0.5, 0.6) is 51.7 Å². The lowest BCUT2D eigenvalue weighted by atomic mass is 9.85. The fraction of sp³-hybridized carbons (Fsp3) is 0.189. The van der Waals surface area contributed by atoms with Gasteiger partial charge in [-0.15, -0.1) is 0 Å². The molecule has 6 rings (SSSR count). The highest BCUT2D eigenvalue weighted by Gasteiger charge is 2.66. The van der Waals surface area contributed by atoms with Crippen LogP contribution in [0.2, 0.25) is 0 Å². The summed E-state index contributed by atoms with van der Waals surface area (Å²) < 4.78 is 22.8. The third-order valence-electron chi connectivity index (χ3n) is 8.50. The predicted octanol–water partition coefficient (Wildman–Crippen LogP) is 4.71. The SMILES string of the molecule is COc1c(-c2ccc(O[C@@]3(O)C(=O)c4c(O)cc(O)cc4O[C@@]3(O)c3ccc(C)c(O)c3)c(O)c2CC=C(C)C)oc2cc(O)cc(O)c2c1=O. The number of carbonyl (C=O) groups is 1. The van der Waals surface area contributed by atoms with Crippen LogP contribution in [0.15, 0.2) is 75.5 Å². The molecule has 0 spiro atoms. The quantitative estimate of drug-likeness (QED) is 0.0848. The van der Waals surface area contributed by atoms with E-state index in [4.69, 9.17) is 18.6 Å². The molecule has 1 aromatic heterocycles. The lowest BCUT2D eigenvalue weighted by molar-refractivity contribution is -0.316. The molecule has 1 aliphatic rings. The van der Waals surface area contributed by atoms with Gasteiger partial charge in [0.15, 0.2) is 17.3 Å². The molecule has 0 unspecified atom stereocenters. The van der Waals surface area contributed by atoms with Crippen LogP contribution in [0.4, 0.5) is 0 Å². The molecule has 5 aromatic rings. The second-order valence-corrected chi connectivity index (χ2v) is 12.2. The van der Waals surface area contributed by atoms with Crippen molar-refractivity contribution in [3.63, 3.8) is 0 Å². The first-order chi connectivity index (χ1) is 24.0. The van der Waals surface area contributed by atoms with E-state index in [1.165, 1.54) is 25.3 Å². The zero-order chi connectivity index (χ0) is 37.2. The van der Waals surface area contributed by atoms with Gasteiger partial charge in [0.25, 0.3) is 0 Å². The van der Waals surface area contributed by atoms with Crippen molar-refractivity contribution in [3.05, 3.63) is 98.7 Å². The summed E-state index contributed by atoms with van der Waals surface area (Å²) in [6.45, 7) is 5.10. The van der Waals surface area contributed by atoms with Crippen molar-refractivity contribution in [1.29, 1.82) is 0 Å². The lowest BCUT2D eigenvalue weighted by Gasteiger charge is -2.44. The van der Waals surface area contributed by atoms with Gasteiger partial charge in [-0.1, -0.05) is 23.8 Å². The van der Waals surface area contributed by atoms with Crippen LogP contribution in [-0.2, 0) is 12.2 Å². The summed E-state index contributed by atoms with van der Waals surface area (Å²) in [5.41, 5.74) is -0.834. The Morgan fingerprint density at radius 2 is 1.55 bits per heavy atom. The number of allylic oxidation sites excluding steroid dienone is 2. The van der Waals surface area contributed by atoms with Gasteiger partial charge in [-0.05, 0) is 51.0 Å². The highest BCUT2D eigenvalue weighted by Crippen LogP contribution is 2.51. The van der Waals surface area contributed by atoms with E-state index in [0.29, 0.717) is 5.56 Å². The van der Waals surface area contributed by atoms with Crippen LogP contribution in [0.3, 0.4) is 0 Å². The summed E-state index contributed by atoms with van der Waals surface area (Å²) >= 11 is 0. The number of hydrogen-bond acceptors (Lipinski definition) is 14. The van der Waals surface area contributed by atoms with Crippen molar-refractivity contribution >= 4 is 16.8 Å². The first kappa shape index (κ1) is 34.5. The average Bonchev–Trinajstić information content (AvgIpc) is 3.04. The monoisotopic (exact) mass is 700 g/mol. The molecule has 0 fully saturated rings. The van der Waals surface area contributed by atoms with E-state index in [1.807, 2.05) is 0 Å². The summed E-state index contributed by atoms with van der Waals surface area (Å²) in [5, 5.41) is 87.3. The second-order valence-electron chi connectivity index (χ2n) is 12.2. The number of aryl methyl sites for hydroxylation is 1. The van der Waals surface area contributed by atoms with Crippen LogP contribution in [-0.4, -0.2) is 59.5 Å². The highest BCUT2D eigenvalue weighted by molar-refractivity contribution is 6.08. The number of benzene rings is 4. The first-order valence-corrected chi connectivity index (χ1v) is 15.3. The van der Waals surface area contributed by atoms with Gasteiger partial charge in [0.2, 0.25) is 17.0 Å². The number of hydrogen-bond donors (Lipinski definition) is 8. The molecular weight excluding hydrogens is 668 g/mol. The zero-order valence-corrected chi connectivity index (χ0v) is 27.5. The lowest BCUT2D eigenvalue weighted by Crippen LogP contribution is -2.66. The zero-order valence-electron chi connectivity index (χ0n) is 27.5. The molecule has 264 valence electrons. The van der Waals surface area contributed by atoms with E-state index in [-0.39, 0.29) is 51.3 Å². The predicted molar refractivity (Wildman–Crippen MR) is 180 cm³/mol. The number of phenols is 6. The van der Waals surface area contributed by atoms with Crippen LogP contribution >= 0.6 is 0 Å². The fourth-order valence-electron chi connectivity index (χ4n) is 5.85. The third kappa shape index (κ3) is 5.46. The number of ketones is 1. The van der Waals surface area contributed by atoms with Gasteiger partial charge < -0.3 is 59.5 Å². The molecule has 0 aliphatic carbocycles.